The van der Waals surface area contributed by atoms with E-state index in [0.29, 0.717) is 29.3 Å². The molecule has 0 fully saturated rings. The number of esters is 1. The summed E-state index contributed by atoms with van der Waals surface area (Å²) in [6.07, 6.45) is 3.12. The molecule has 1 N–H and O–H groups in total. The van der Waals surface area contributed by atoms with Gasteiger partial charge in [-0.05, 0) is 98.7 Å². The van der Waals surface area contributed by atoms with Gasteiger partial charge in [-0.15, -0.1) is 0 Å². The molecule has 0 aromatic heterocycles. The van der Waals surface area contributed by atoms with Crippen LogP contribution in [0.25, 0.3) is 0 Å². The van der Waals surface area contributed by atoms with Gasteiger partial charge in [0.25, 0.3) is 0 Å². The maximum absolute atomic E-state index is 12.3. The van der Waals surface area contributed by atoms with Crippen molar-refractivity contribution in [1.82, 2.24) is 0 Å². The lowest BCUT2D eigenvalue weighted by Gasteiger charge is -2.27. The number of phenolic OH excluding ortho intramolecular Hbond substituents is 1. The number of rotatable bonds is 9. The molecule has 0 radical (unpaired) electrons. The molecular weight excluding hydrogens is 420 g/mol. The minimum Gasteiger partial charge on any atom is -0.508 e. The van der Waals surface area contributed by atoms with Crippen LogP contribution in [-0.2, 0) is 4.79 Å². The Morgan fingerprint density at radius 2 is 1.35 bits per heavy atom. The summed E-state index contributed by atoms with van der Waals surface area (Å²) >= 11 is 0. The average molecular weight is 459 g/mol. The van der Waals surface area contributed by atoms with Crippen molar-refractivity contribution < 1.29 is 14.6 Å². The molecule has 3 unspecified atom stereocenters. The van der Waals surface area contributed by atoms with E-state index in [2.05, 4.69) is 56.3 Å². The summed E-state index contributed by atoms with van der Waals surface area (Å²) in [5.74, 6) is 1.82. The van der Waals surface area contributed by atoms with Gasteiger partial charge in [-0.1, -0.05) is 68.4 Å². The Balaban J connectivity index is 1.84. The Morgan fingerprint density at radius 3 is 1.91 bits per heavy atom. The van der Waals surface area contributed by atoms with Crippen molar-refractivity contribution >= 4 is 5.97 Å². The van der Waals surface area contributed by atoms with Gasteiger partial charge in [0.2, 0.25) is 0 Å². The van der Waals surface area contributed by atoms with Gasteiger partial charge in [-0.2, -0.15) is 0 Å². The van der Waals surface area contributed by atoms with Crippen molar-refractivity contribution in [3.05, 3.63) is 95.6 Å². The zero-order chi connectivity index (χ0) is 24.7. The van der Waals surface area contributed by atoms with E-state index in [0.717, 1.165) is 19.3 Å². The number of aromatic hydroxyl groups is 1. The Morgan fingerprint density at radius 1 is 0.794 bits per heavy atom. The Hall–Kier alpha value is -3.07. The normalized spacial score (nSPS) is 14.3. The minimum atomic E-state index is -0.537. The molecule has 0 aliphatic heterocycles. The third-order valence-electron chi connectivity index (χ3n) is 6.61. The Labute approximate surface area is 204 Å². The monoisotopic (exact) mass is 458 g/mol. The number of ether oxygens (including phenoxy) is 1. The van der Waals surface area contributed by atoms with Crippen LogP contribution in [0.4, 0.5) is 0 Å². The van der Waals surface area contributed by atoms with Crippen LogP contribution in [-0.4, -0.2) is 11.1 Å². The first kappa shape index (κ1) is 25.6. The number of hydrogen-bond donors (Lipinski definition) is 1. The topological polar surface area (TPSA) is 46.5 Å². The first-order valence-electron chi connectivity index (χ1n) is 12.3. The molecule has 3 aromatic rings. The fourth-order valence-corrected chi connectivity index (χ4v) is 4.41. The molecule has 3 atom stereocenters. The third kappa shape index (κ3) is 6.96. The maximum Gasteiger partial charge on any atom is 0.316 e. The average Bonchev–Trinajstić information content (AvgIpc) is 2.82. The highest BCUT2D eigenvalue weighted by Crippen LogP contribution is 2.39. The van der Waals surface area contributed by atoms with Crippen LogP contribution in [0.15, 0.2) is 78.9 Å². The minimum absolute atomic E-state index is 0.229. The van der Waals surface area contributed by atoms with Crippen LogP contribution < -0.4 is 4.74 Å². The van der Waals surface area contributed by atoms with Crippen molar-refractivity contribution in [1.29, 1.82) is 0 Å². The van der Waals surface area contributed by atoms with E-state index in [9.17, 15) is 9.90 Å². The van der Waals surface area contributed by atoms with Crippen LogP contribution in [0.5, 0.6) is 11.5 Å². The number of benzene rings is 3. The summed E-state index contributed by atoms with van der Waals surface area (Å²) in [6, 6.07) is 26.4. The largest absolute Gasteiger partial charge is 0.508 e. The van der Waals surface area contributed by atoms with Crippen LogP contribution in [0.2, 0.25) is 0 Å². The highest BCUT2D eigenvalue weighted by molar-refractivity contribution is 5.77. The van der Waals surface area contributed by atoms with E-state index < -0.39 is 5.41 Å². The van der Waals surface area contributed by atoms with Gasteiger partial charge in [0, 0.05) is 0 Å². The van der Waals surface area contributed by atoms with Crippen molar-refractivity contribution in [2.75, 3.05) is 0 Å². The van der Waals surface area contributed by atoms with E-state index in [1.54, 1.807) is 12.1 Å². The quantitative estimate of drug-likeness (QED) is 0.260. The summed E-state index contributed by atoms with van der Waals surface area (Å²) in [5, 5.41) is 9.68. The second-order valence-corrected chi connectivity index (χ2v) is 10.4. The van der Waals surface area contributed by atoms with Gasteiger partial charge >= 0.3 is 5.97 Å². The Kier molecular flexibility index (Phi) is 8.55. The molecule has 0 saturated carbocycles. The highest BCUT2D eigenvalue weighted by Gasteiger charge is 2.25. The van der Waals surface area contributed by atoms with Crippen LogP contribution >= 0.6 is 0 Å². The molecule has 0 bridgehead atoms. The lowest BCUT2D eigenvalue weighted by Crippen LogP contribution is -2.25. The smallest absolute Gasteiger partial charge is 0.316 e. The summed E-state index contributed by atoms with van der Waals surface area (Å²) in [4.78, 5) is 12.3. The molecule has 180 valence electrons. The molecule has 3 rings (SSSR count). The van der Waals surface area contributed by atoms with E-state index in [1.165, 1.54) is 16.7 Å². The molecule has 0 aliphatic rings. The number of hydrogen-bond acceptors (Lipinski definition) is 3. The van der Waals surface area contributed by atoms with E-state index in [-0.39, 0.29) is 5.97 Å². The Bertz CT molecular complexity index is 1030. The van der Waals surface area contributed by atoms with Crippen molar-refractivity contribution in [2.24, 2.45) is 5.41 Å². The molecule has 3 aromatic carbocycles. The fraction of sp³-hybridized carbons (Fsp3) is 0.387. The number of carbonyl (C=O) groups is 1. The lowest BCUT2D eigenvalue weighted by atomic mass is 9.78. The summed E-state index contributed by atoms with van der Waals surface area (Å²) < 4.78 is 5.58. The maximum atomic E-state index is 12.3. The molecule has 0 heterocycles. The summed E-state index contributed by atoms with van der Waals surface area (Å²) in [7, 11) is 0. The number of phenols is 1. The van der Waals surface area contributed by atoms with Gasteiger partial charge in [0.15, 0.2) is 0 Å². The van der Waals surface area contributed by atoms with E-state index in [4.69, 9.17) is 4.74 Å². The van der Waals surface area contributed by atoms with Crippen LogP contribution in [0.3, 0.4) is 0 Å². The second kappa shape index (κ2) is 11.4. The molecular formula is C31H38O3. The van der Waals surface area contributed by atoms with Gasteiger partial charge in [-0.25, -0.2) is 0 Å². The van der Waals surface area contributed by atoms with Gasteiger partial charge in [0.05, 0.1) is 5.41 Å². The SMILES string of the molecule is CCC(CC(CC(C)c1ccc(O)cc1)c1ccc(OC(=O)C(C)(C)C)cc1)c1ccccc1. The lowest BCUT2D eigenvalue weighted by molar-refractivity contribution is -0.143. The van der Waals surface area contributed by atoms with Crippen molar-refractivity contribution in [3.63, 3.8) is 0 Å². The third-order valence-corrected chi connectivity index (χ3v) is 6.61. The van der Waals surface area contributed by atoms with Crippen LogP contribution in [0, 0.1) is 5.41 Å². The van der Waals surface area contributed by atoms with E-state index >= 15 is 0 Å². The number of carbonyl (C=O) groups excluding carboxylic acids is 1. The molecule has 3 heteroatoms. The predicted molar refractivity (Wildman–Crippen MR) is 140 cm³/mol. The zero-order valence-corrected chi connectivity index (χ0v) is 21.1. The molecule has 3 nitrogen and oxygen atoms in total. The van der Waals surface area contributed by atoms with Gasteiger partial charge in [-0.3, -0.25) is 4.79 Å². The van der Waals surface area contributed by atoms with Gasteiger partial charge in [0.1, 0.15) is 11.5 Å². The van der Waals surface area contributed by atoms with Crippen LogP contribution in [0.1, 0.15) is 88.3 Å². The molecule has 0 aliphatic carbocycles. The van der Waals surface area contributed by atoms with Crippen molar-refractivity contribution in [3.8, 4) is 11.5 Å². The highest BCUT2D eigenvalue weighted by atomic mass is 16.5. The first-order valence-corrected chi connectivity index (χ1v) is 12.3. The second-order valence-electron chi connectivity index (χ2n) is 10.4. The molecule has 34 heavy (non-hydrogen) atoms. The van der Waals surface area contributed by atoms with Gasteiger partial charge < -0.3 is 9.84 Å². The fourth-order valence-electron chi connectivity index (χ4n) is 4.41. The first-order chi connectivity index (χ1) is 16.2. The molecule has 0 saturated heterocycles. The van der Waals surface area contributed by atoms with Crippen molar-refractivity contribution in [2.45, 2.75) is 71.6 Å². The molecule has 0 spiro atoms. The van der Waals surface area contributed by atoms with E-state index in [1.807, 2.05) is 45.0 Å². The standard InChI is InChI=1S/C31H38O3/c1-6-23(25-10-8-7-9-11-25)21-27(20-22(2)24-12-16-28(32)17-13-24)26-14-18-29(19-15-26)34-30(33)31(3,4)5/h7-19,22-23,27,32H,6,20-21H2,1-5H3. The summed E-state index contributed by atoms with van der Waals surface area (Å²) in [6.45, 7) is 10.1. The summed E-state index contributed by atoms with van der Waals surface area (Å²) in [5.41, 5.74) is 3.33. The predicted octanol–water partition coefficient (Wildman–Crippen LogP) is 8.21. The molecule has 0 amide bonds. The zero-order valence-electron chi connectivity index (χ0n) is 21.1.